The number of hydrogen-bond donors (Lipinski definition) is 1. The van der Waals surface area contributed by atoms with Crippen LogP contribution in [0.3, 0.4) is 0 Å². The third kappa shape index (κ3) is 4.03. The summed E-state index contributed by atoms with van der Waals surface area (Å²) in [6, 6.07) is 3.61. The molecule has 0 radical (unpaired) electrons. The van der Waals surface area contributed by atoms with Gasteiger partial charge in [-0.3, -0.25) is 0 Å². The van der Waals surface area contributed by atoms with Crippen LogP contribution >= 0.6 is 0 Å². The highest BCUT2D eigenvalue weighted by Crippen LogP contribution is 2.40. The van der Waals surface area contributed by atoms with Crippen LogP contribution < -0.4 is 14.2 Å². The van der Waals surface area contributed by atoms with Crippen molar-refractivity contribution in [2.24, 2.45) is 0 Å². The Hall–Kier alpha value is -1.42. The highest BCUT2D eigenvalue weighted by Gasteiger charge is 2.16. The molecular weight excluding hydrogens is 244 g/mol. The monoisotopic (exact) mass is 268 g/mol. The highest BCUT2D eigenvalue weighted by molar-refractivity contribution is 5.54. The van der Waals surface area contributed by atoms with Gasteiger partial charge in [-0.15, -0.1) is 0 Å². The standard InChI is InChI=1S/C15H24O4/c1-5-6-7-8-12(16)11-9-13(17-2)15(19-4)14(10-11)18-3/h9-10,12,16H,5-8H2,1-4H3. The highest BCUT2D eigenvalue weighted by atomic mass is 16.5. The minimum atomic E-state index is -0.500. The van der Waals surface area contributed by atoms with Crippen molar-refractivity contribution in [1.29, 1.82) is 0 Å². The van der Waals surface area contributed by atoms with Crippen LogP contribution in [0.25, 0.3) is 0 Å². The molecule has 0 aliphatic heterocycles. The summed E-state index contributed by atoms with van der Waals surface area (Å²) in [5.41, 5.74) is 0.797. The predicted molar refractivity (Wildman–Crippen MR) is 75.2 cm³/mol. The Morgan fingerprint density at radius 1 is 1.00 bits per heavy atom. The molecule has 0 spiro atoms. The molecule has 108 valence electrons. The van der Waals surface area contributed by atoms with Crippen LogP contribution in [-0.4, -0.2) is 26.4 Å². The minimum Gasteiger partial charge on any atom is -0.493 e. The van der Waals surface area contributed by atoms with Crippen molar-refractivity contribution >= 4 is 0 Å². The lowest BCUT2D eigenvalue weighted by Crippen LogP contribution is -2.01. The van der Waals surface area contributed by atoms with Gasteiger partial charge in [0.15, 0.2) is 11.5 Å². The molecule has 1 unspecified atom stereocenters. The van der Waals surface area contributed by atoms with Crippen molar-refractivity contribution in [1.82, 2.24) is 0 Å². The molecule has 1 aromatic carbocycles. The van der Waals surface area contributed by atoms with E-state index in [0.29, 0.717) is 17.2 Å². The van der Waals surface area contributed by atoms with E-state index >= 15 is 0 Å². The lowest BCUT2D eigenvalue weighted by atomic mass is 10.0. The van der Waals surface area contributed by atoms with Crippen molar-refractivity contribution in [2.45, 2.75) is 38.7 Å². The number of rotatable bonds is 8. The first-order valence-electron chi connectivity index (χ1n) is 6.65. The molecule has 4 nitrogen and oxygen atoms in total. The average Bonchev–Trinajstić information content (AvgIpc) is 2.45. The van der Waals surface area contributed by atoms with Gasteiger partial charge in [-0.1, -0.05) is 26.2 Å². The van der Waals surface area contributed by atoms with Crippen LogP contribution in [0, 0.1) is 0 Å². The maximum Gasteiger partial charge on any atom is 0.203 e. The smallest absolute Gasteiger partial charge is 0.203 e. The fourth-order valence-electron chi connectivity index (χ4n) is 2.05. The van der Waals surface area contributed by atoms with E-state index in [4.69, 9.17) is 14.2 Å². The first kappa shape index (κ1) is 15.6. The van der Waals surface area contributed by atoms with Gasteiger partial charge in [0.2, 0.25) is 5.75 Å². The summed E-state index contributed by atoms with van der Waals surface area (Å²) in [7, 11) is 4.72. The zero-order valence-electron chi connectivity index (χ0n) is 12.2. The normalized spacial score (nSPS) is 12.1. The third-order valence-corrected chi connectivity index (χ3v) is 3.15. The summed E-state index contributed by atoms with van der Waals surface area (Å²) in [6.07, 6.45) is 3.52. The van der Waals surface area contributed by atoms with Gasteiger partial charge >= 0.3 is 0 Å². The summed E-state index contributed by atoms with van der Waals surface area (Å²) in [5.74, 6) is 1.70. The van der Waals surface area contributed by atoms with Crippen molar-refractivity contribution in [3.63, 3.8) is 0 Å². The van der Waals surface area contributed by atoms with Crippen LogP contribution in [0.15, 0.2) is 12.1 Å². The summed E-state index contributed by atoms with van der Waals surface area (Å²) in [6.45, 7) is 2.14. The molecule has 1 N–H and O–H groups in total. The third-order valence-electron chi connectivity index (χ3n) is 3.15. The van der Waals surface area contributed by atoms with Crippen molar-refractivity contribution < 1.29 is 19.3 Å². The fraction of sp³-hybridized carbons (Fsp3) is 0.600. The molecule has 4 heteroatoms. The molecular formula is C15H24O4. The topological polar surface area (TPSA) is 47.9 Å². The molecule has 0 saturated heterocycles. The quantitative estimate of drug-likeness (QED) is 0.735. The molecule has 0 fully saturated rings. The molecule has 0 saturated carbocycles. The maximum atomic E-state index is 10.2. The molecule has 0 heterocycles. The van der Waals surface area contributed by atoms with Gasteiger partial charge in [0, 0.05) is 0 Å². The number of hydrogen-bond acceptors (Lipinski definition) is 4. The number of methoxy groups -OCH3 is 3. The molecule has 0 bridgehead atoms. The molecule has 1 atom stereocenters. The van der Waals surface area contributed by atoms with E-state index in [0.717, 1.165) is 31.2 Å². The van der Waals surface area contributed by atoms with Gasteiger partial charge in [-0.05, 0) is 24.1 Å². The van der Waals surface area contributed by atoms with Crippen LogP contribution in [-0.2, 0) is 0 Å². The Bertz CT molecular complexity index is 365. The van der Waals surface area contributed by atoms with Gasteiger partial charge in [-0.2, -0.15) is 0 Å². The van der Waals surface area contributed by atoms with Gasteiger partial charge in [0.25, 0.3) is 0 Å². The first-order valence-corrected chi connectivity index (χ1v) is 6.65. The number of aliphatic hydroxyl groups is 1. The summed E-state index contributed by atoms with van der Waals surface area (Å²) in [5, 5.41) is 10.2. The van der Waals surface area contributed by atoms with E-state index in [9.17, 15) is 5.11 Å². The molecule has 0 aromatic heterocycles. The van der Waals surface area contributed by atoms with E-state index < -0.39 is 6.10 Å². The molecule has 0 aliphatic rings. The Labute approximate surface area is 115 Å². The summed E-state index contributed by atoms with van der Waals surface area (Å²) in [4.78, 5) is 0. The molecule has 1 rings (SSSR count). The Morgan fingerprint density at radius 2 is 1.58 bits per heavy atom. The number of aliphatic hydroxyl groups excluding tert-OH is 1. The van der Waals surface area contributed by atoms with Crippen LogP contribution in [0.5, 0.6) is 17.2 Å². The lowest BCUT2D eigenvalue weighted by Gasteiger charge is -2.17. The Kier molecular flexibility index (Phi) is 6.50. The Morgan fingerprint density at radius 3 is 2.00 bits per heavy atom. The second kappa shape index (κ2) is 7.89. The predicted octanol–water partition coefficient (Wildman–Crippen LogP) is 3.33. The van der Waals surface area contributed by atoms with E-state index in [-0.39, 0.29) is 0 Å². The zero-order valence-corrected chi connectivity index (χ0v) is 12.2. The SMILES string of the molecule is CCCCCC(O)c1cc(OC)c(OC)c(OC)c1. The molecule has 0 aliphatic carbocycles. The van der Waals surface area contributed by atoms with Gasteiger partial charge in [0.05, 0.1) is 27.4 Å². The second-order valence-corrected chi connectivity index (χ2v) is 4.47. The van der Waals surface area contributed by atoms with Gasteiger partial charge in [-0.25, -0.2) is 0 Å². The van der Waals surface area contributed by atoms with Crippen molar-refractivity contribution in [3.05, 3.63) is 17.7 Å². The maximum absolute atomic E-state index is 10.2. The number of benzene rings is 1. The fourth-order valence-corrected chi connectivity index (χ4v) is 2.05. The molecule has 0 amide bonds. The van der Waals surface area contributed by atoms with Crippen molar-refractivity contribution in [2.75, 3.05) is 21.3 Å². The van der Waals surface area contributed by atoms with E-state index in [1.807, 2.05) is 0 Å². The average molecular weight is 268 g/mol. The first-order chi connectivity index (χ1) is 9.17. The van der Waals surface area contributed by atoms with Crippen LogP contribution in [0.2, 0.25) is 0 Å². The van der Waals surface area contributed by atoms with Crippen molar-refractivity contribution in [3.8, 4) is 17.2 Å². The largest absolute Gasteiger partial charge is 0.493 e. The van der Waals surface area contributed by atoms with Gasteiger partial charge in [0.1, 0.15) is 0 Å². The molecule has 19 heavy (non-hydrogen) atoms. The lowest BCUT2D eigenvalue weighted by molar-refractivity contribution is 0.162. The summed E-state index contributed by atoms with van der Waals surface area (Å²) >= 11 is 0. The van der Waals surface area contributed by atoms with E-state index in [1.165, 1.54) is 0 Å². The second-order valence-electron chi connectivity index (χ2n) is 4.47. The minimum absolute atomic E-state index is 0.500. The van der Waals surface area contributed by atoms with E-state index in [2.05, 4.69) is 6.92 Å². The summed E-state index contributed by atoms with van der Waals surface area (Å²) < 4.78 is 15.8. The Balaban J connectivity index is 2.95. The number of ether oxygens (including phenoxy) is 3. The van der Waals surface area contributed by atoms with Crippen LogP contribution in [0.4, 0.5) is 0 Å². The van der Waals surface area contributed by atoms with E-state index in [1.54, 1.807) is 33.5 Å². The van der Waals surface area contributed by atoms with Crippen LogP contribution in [0.1, 0.15) is 44.3 Å². The van der Waals surface area contributed by atoms with Gasteiger partial charge < -0.3 is 19.3 Å². The molecule has 1 aromatic rings. The number of unbranched alkanes of at least 4 members (excludes halogenated alkanes) is 2. The zero-order chi connectivity index (χ0) is 14.3.